The molecule has 168 valence electrons. The SMILES string of the molecule is CCCS(=O)(=O)CCc1ccc2c(c1)C(Cc1ccccc1)C(NC(=O)OCC)CC2. The summed E-state index contributed by atoms with van der Waals surface area (Å²) in [6, 6.07) is 16.6. The highest BCUT2D eigenvalue weighted by atomic mass is 32.2. The van der Waals surface area contributed by atoms with Gasteiger partial charge >= 0.3 is 6.09 Å². The summed E-state index contributed by atoms with van der Waals surface area (Å²) < 4.78 is 29.5. The standard InChI is InChI=1S/C25H33NO4S/c1-3-15-31(28,29)16-14-20-10-11-21-12-13-24(26-25(27)30-4-2)23(22(21)17-20)18-19-8-6-5-7-9-19/h5-11,17,23-24H,3-4,12-16,18H2,1-2H3,(H,26,27). The molecule has 0 bridgehead atoms. The third kappa shape index (κ3) is 6.57. The monoisotopic (exact) mass is 443 g/mol. The zero-order chi connectivity index (χ0) is 22.3. The number of fused-ring (bicyclic) bond motifs is 1. The first-order chi connectivity index (χ1) is 14.9. The molecule has 5 nitrogen and oxygen atoms in total. The molecule has 0 saturated heterocycles. The molecule has 1 aliphatic rings. The number of hydrogen-bond acceptors (Lipinski definition) is 4. The zero-order valence-electron chi connectivity index (χ0n) is 18.5. The quantitative estimate of drug-likeness (QED) is 0.622. The Labute approximate surface area is 186 Å². The van der Waals surface area contributed by atoms with Crippen LogP contribution < -0.4 is 5.32 Å². The van der Waals surface area contributed by atoms with Gasteiger partial charge in [0.2, 0.25) is 0 Å². The molecule has 6 heteroatoms. The van der Waals surface area contributed by atoms with Gasteiger partial charge in [0.25, 0.3) is 0 Å². The number of benzene rings is 2. The Hall–Kier alpha value is -2.34. The fourth-order valence-electron chi connectivity index (χ4n) is 4.41. The fraction of sp³-hybridized carbons (Fsp3) is 0.480. The highest BCUT2D eigenvalue weighted by Crippen LogP contribution is 2.35. The number of nitrogens with one attached hydrogen (secondary N) is 1. The number of rotatable bonds is 9. The Morgan fingerprint density at radius 2 is 1.84 bits per heavy atom. The maximum atomic E-state index is 12.2. The van der Waals surface area contributed by atoms with Crippen LogP contribution in [0.2, 0.25) is 0 Å². The van der Waals surface area contributed by atoms with Gasteiger partial charge in [-0.25, -0.2) is 13.2 Å². The fourth-order valence-corrected chi connectivity index (χ4v) is 5.78. The largest absolute Gasteiger partial charge is 0.450 e. The first kappa shape index (κ1) is 23.3. The summed E-state index contributed by atoms with van der Waals surface area (Å²) >= 11 is 0. The first-order valence-corrected chi connectivity index (χ1v) is 13.0. The number of amides is 1. The minimum absolute atomic E-state index is 0.0224. The lowest BCUT2D eigenvalue weighted by Gasteiger charge is -2.34. The molecule has 2 aromatic rings. The molecule has 31 heavy (non-hydrogen) atoms. The molecule has 2 aromatic carbocycles. The van der Waals surface area contributed by atoms with Gasteiger partial charge in [-0.3, -0.25) is 0 Å². The molecule has 0 aliphatic heterocycles. The first-order valence-electron chi connectivity index (χ1n) is 11.2. The maximum absolute atomic E-state index is 12.2. The summed E-state index contributed by atoms with van der Waals surface area (Å²) in [5.74, 6) is 0.524. The van der Waals surface area contributed by atoms with Crippen molar-refractivity contribution in [1.29, 1.82) is 0 Å². The molecule has 0 fully saturated rings. The molecular formula is C25H33NO4S. The van der Waals surface area contributed by atoms with Crippen LogP contribution in [-0.2, 0) is 33.8 Å². The number of sulfone groups is 1. The van der Waals surface area contributed by atoms with E-state index in [2.05, 4.69) is 35.6 Å². The highest BCUT2D eigenvalue weighted by molar-refractivity contribution is 7.91. The number of alkyl carbamates (subject to hydrolysis) is 1. The lowest BCUT2D eigenvalue weighted by molar-refractivity contribution is 0.144. The smallest absolute Gasteiger partial charge is 0.407 e. The minimum Gasteiger partial charge on any atom is -0.450 e. The van der Waals surface area contributed by atoms with Crippen molar-refractivity contribution in [3.05, 3.63) is 70.8 Å². The van der Waals surface area contributed by atoms with Gasteiger partial charge in [0.05, 0.1) is 12.4 Å². The predicted octanol–water partition coefficient (Wildman–Crippen LogP) is 4.44. The Morgan fingerprint density at radius 3 is 2.55 bits per heavy atom. The zero-order valence-corrected chi connectivity index (χ0v) is 19.3. The van der Waals surface area contributed by atoms with Crippen molar-refractivity contribution in [3.63, 3.8) is 0 Å². The number of ether oxygens (including phenoxy) is 1. The molecular weight excluding hydrogens is 410 g/mol. The van der Waals surface area contributed by atoms with E-state index in [4.69, 9.17) is 4.74 Å². The normalized spacial score (nSPS) is 18.3. The van der Waals surface area contributed by atoms with E-state index in [0.717, 1.165) is 24.8 Å². The van der Waals surface area contributed by atoms with Gasteiger partial charge in [-0.15, -0.1) is 0 Å². The van der Waals surface area contributed by atoms with Crippen LogP contribution in [0.4, 0.5) is 4.79 Å². The van der Waals surface area contributed by atoms with Crippen molar-refractivity contribution < 1.29 is 17.9 Å². The van der Waals surface area contributed by atoms with Gasteiger partial charge in [-0.05, 0) is 61.3 Å². The van der Waals surface area contributed by atoms with E-state index >= 15 is 0 Å². The van der Waals surface area contributed by atoms with E-state index in [1.165, 1.54) is 16.7 Å². The van der Waals surface area contributed by atoms with Gasteiger partial charge < -0.3 is 10.1 Å². The summed E-state index contributed by atoms with van der Waals surface area (Å²) in [4.78, 5) is 12.2. The van der Waals surface area contributed by atoms with Crippen LogP contribution in [0.1, 0.15) is 54.9 Å². The Balaban J connectivity index is 1.86. The molecule has 0 saturated carbocycles. The third-order valence-electron chi connectivity index (χ3n) is 5.91. The topological polar surface area (TPSA) is 72.5 Å². The summed E-state index contributed by atoms with van der Waals surface area (Å²) in [5.41, 5.74) is 4.74. The molecule has 1 amide bonds. The molecule has 3 rings (SSSR count). The van der Waals surface area contributed by atoms with E-state index < -0.39 is 9.84 Å². The number of carbonyl (C=O) groups is 1. The molecule has 0 spiro atoms. The predicted molar refractivity (Wildman–Crippen MR) is 124 cm³/mol. The number of carbonyl (C=O) groups excluding carboxylic acids is 1. The summed E-state index contributed by atoms with van der Waals surface area (Å²) in [7, 11) is -3.02. The maximum Gasteiger partial charge on any atom is 0.407 e. The lowest BCUT2D eigenvalue weighted by atomic mass is 9.75. The van der Waals surface area contributed by atoms with E-state index in [1.54, 1.807) is 6.92 Å². The molecule has 1 aliphatic carbocycles. The van der Waals surface area contributed by atoms with Crippen molar-refractivity contribution in [2.24, 2.45) is 0 Å². The van der Waals surface area contributed by atoms with Crippen LogP contribution in [0.5, 0.6) is 0 Å². The van der Waals surface area contributed by atoms with Crippen LogP contribution in [0, 0.1) is 0 Å². The van der Waals surface area contributed by atoms with Crippen molar-refractivity contribution in [1.82, 2.24) is 5.32 Å². The van der Waals surface area contributed by atoms with Crippen molar-refractivity contribution in [2.45, 2.75) is 57.9 Å². The second-order valence-electron chi connectivity index (χ2n) is 8.24. The number of aryl methyl sites for hydroxylation is 2. The van der Waals surface area contributed by atoms with Crippen LogP contribution in [-0.4, -0.2) is 38.7 Å². The lowest BCUT2D eigenvalue weighted by Crippen LogP contribution is -2.43. The van der Waals surface area contributed by atoms with Gasteiger partial charge in [0.1, 0.15) is 0 Å². The summed E-state index contributed by atoms with van der Waals surface area (Å²) in [6.45, 7) is 4.03. The van der Waals surface area contributed by atoms with Crippen LogP contribution >= 0.6 is 0 Å². The molecule has 1 N–H and O–H groups in total. The van der Waals surface area contributed by atoms with E-state index in [0.29, 0.717) is 19.4 Å². The Kier molecular flexibility index (Phi) is 8.13. The average Bonchev–Trinajstić information content (AvgIpc) is 2.75. The summed E-state index contributed by atoms with van der Waals surface area (Å²) in [6.07, 6.45) is 3.33. The van der Waals surface area contributed by atoms with Gasteiger partial charge in [-0.1, -0.05) is 55.5 Å². The molecule has 0 radical (unpaired) electrons. The van der Waals surface area contributed by atoms with E-state index in [-0.39, 0.29) is 29.6 Å². The van der Waals surface area contributed by atoms with Crippen molar-refractivity contribution in [3.8, 4) is 0 Å². The highest BCUT2D eigenvalue weighted by Gasteiger charge is 2.31. The van der Waals surface area contributed by atoms with Gasteiger partial charge in [0.15, 0.2) is 9.84 Å². The molecule has 0 heterocycles. The Morgan fingerprint density at radius 1 is 1.06 bits per heavy atom. The van der Waals surface area contributed by atoms with Crippen molar-refractivity contribution >= 4 is 15.9 Å². The Bertz CT molecular complexity index is 972. The van der Waals surface area contributed by atoms with E-state index in [9.17, 15) is 13.2 Å². The molecule has 0 aromatic heterocycles. The van der Waals surface area contributed by atoms with E-state index in [1.807, 2.05) is 25.1 Å². The third-order valence-corrected chi connectivity index (χ3v) is 7.77. The number of hydrogen-bond donors (Lipinski definition) is 1. The van der Waals surface area contributed by atoms with Crippen LogP contribution in [0.3, 0.4) is 0 Å². The summed E-state index contributed by atoms with van der Waals surface area (Å²) in [5, 5.41) is 3.07. The average molecular weight is 444 g/mol. The van der Waals surface area contributed by atoms with Gasteiger partial charge in [0, 0.05) is 17.7 Å². The molecule has 2 atom stereocenters. The van der Waals surface area contributed by atoms with Crippen LogP contribution in [0.25, 0.3) is 0 Å². The van der Waals surface area contributed by atoms with Crippen molar-refractivity contribution in [2.75, 3.05) is 18.1 Å². The second kappa shape index (κ2) is 10.8. The minimum atomic E-state index is -3.02. The van der Waals surface area contributed by atoms with Gasteiger partial charge in [-0.2, -0.15) is 0 Å². The molecule has 2 unspecified atom stereocenters. The second-order valence-corrected chi connectivity index (χ2v) is 10.5. The van der Waals surface area contributed by atoms with Crippen LogP contribution in [0.15, 0.2) is 48.5 Å².